The van der Waals surface area contributed by atoms with Gasteiger partial charge in [0.05, 0.1) is 23.6 Å². The summed E-state index contributed by atoms with van der Waals surface area (Å²) >= 11 is 6.10. The first-order valence-corrected chi connectivity index (χ1v) is 7.33. The average Bonchev–Trinajstić information content (AvgIpc) is 2.48. The van der Waals surface area contributed by atoms with Crippen molar-refractivity contribution < 1.29 is 4.74 Å². The Morgan fingerprint density at radius 2 is 1.95 bits per heavy atom. The number of benzene rings is 2. The Morgan fingerprint density at radius 1 is 1.19 bits per heavy atom. The molecule has 0 N–H and O–H groups in total. The molecule has 2 nitrogen and oxygen atoms in total. The number of nitrogens with zero attached hydrogens (tertiary/aromatic N) is 1. The van der Waals surface area contributed by atoms with Gasteiger partial charge in [0, 0.05) is 6.42 Å². The summed E-state index contributed by atoms with van der Waals surface area (Å²) in [5, 5.41) is 9.97. The van der Waals surface area contributed by atoms with Crippen molar-refractivity contribution in [1.82, 2.24) is 0 Å². The van der Waals surface area contributed by atoms with Crippen LogP contribution in [0.2, 0.25) is 5.02 Å². The molecule has 0 saturated heterocycles. The van der Waals surface area contributed by atoms with E-state index in [1.807, 2.05) is 56.3 Å². The summed E-state index contributed by atoms with van der Waals surface area (Å²) in [6.45, 7) is 4.49. The van der Waals surface area contributed by atoms with Gasteiger partial charge in [0.2, 0.25) is 0 Å². The van der Waals surface area contributed by atoms with Crippen LogP contribution in [0.5, 0.6) is 5.75 Å². The van der Waals surface area contributed by atoms with E-state index in [0.717, 1.165) is 16.7 Å². The Kier molecular flexibility index (Phi) is 5.25. The van der Waals surface area contributed by atoms with E-state index < -0.39 is 0 Å². The number of rotatable bonds is 5. The predicted octanol–water partition coefficient (Wildman–Crippen LogP) is 5.03. The Bertz CT molecular complexity index is 661. The zero-order valence-corrected chi connectivity index (χ0v) is 13.0. The summed E-state index contributed by atoms with van der Waals surface area (Å²) in [5.74, 6) is 0.521. The third kappa shape index (κ3) is 4.00. The molecule has 0 saturated carbocycles. The molecule has 21 heavy (non-hydrogen) atoms. The van der Waals surface area contributed by atoms with Gasteiger partial charge in [0.15, 0.2) is 0 Å². The van der Waals surface area contributed by atoms with Gasteiger partial charge in [-0.25, -0.2) is 0 Å². The van der Waals surface area contributed by atoms with Crippen molar-refractivity contribution in [3.63, 3.8) is 0 Å². The van der Waals surface area contributed by atoms with Crippen molar-refractivity contribution in [2.75, 3.05) is 6.61 Å². The number of hydrogen-bond acceptors (Lipinski definition) is 2. The van der Waals surface area contributed by atoms with Crippen molar-refractivity contribution in [2.45, 2.75) is 26.2 Å². The molecular formula is C18H18ClNO. The second-order valence-electron chi connectivity index (χ2n) is 5.11. The maximum Gasteiger partial charge on any atom is 0.138 e. The summed E-state index contributed by atoms with van der Waals surface area (Å²) in [7, 11) is 0. The largest absolute Gasteiger partial charge is 0.492 e. The Labute approximate surface area is 130 Å². The number of halogens is 1. The molecule has 1 unspecified atom stereocenters. The van der Waals surface area contributed by atoms with Gasteiger partial charge in [-0.05, 0) is 42.7 Å². The quantitative estimate of drug-likeness (QED) is 0.775. The average molecular weight is 300 g/mol. The molecule has 0 radical (unpaired) electrons. The molecule has 1 atom stereocenters. The second-order valence-corrected chi connectivity index (χ2v) is 5.52. The van der Waals surface area contributed by atoms with Crippen LogP contribution in [-0.4, -0.2) is 6.61 Å². The van der Waals surface area contributed by atoms with E-state index in [-0.39, 0.29) is 5.92 Å². The topological polar surface area (TPSA) is 33.0 Å². The summed E-state index contributed by atoms with van der Waals surface area (Å²) in [6, 6.07) is 16.0. The minimum absolute atomic E-state index is 0.158. The fourth-order valence-electron chi connectivity index (χ4n) is 2.28. The molecule has 0 bridgehead atoms. The van der Waals surface area contributed by atoms with Gasteiger partial charge in [-0.2, -0.15) is 5.26 Å². The van der Waals surface area contributed by atoms with Crippen LogP contribution in [0.15, 0.2) is 42.5 Å². The number of aryl methyl sites for hydroxylation is 2. The summed E-state index contributed by atoms with van der Waals surface area (Å²) in [6.07, 6.45) is 0.644. The lowest BCUT2D eigenvalue weighted by Crippen LogP contribution is -2.06. The van der Waals surface area contributed by atoms with Crippen molar-refractivity contribution in [3.05, 3.63) is 64.2 Å². The van der Waals surface area contributed by atoms with E-state index in [1.165, 1.54) is 0 Å². The molecule has 0 fully saturated rings. The summed E-state index contributed by atoms with van der Waals surface area (Å²) in [4.78, 5) is 0. The molecule has 0 aromatic heterocycles. The molecular weight excluding hydrogens is 282 g/mol. The van der Waals surface area contributed by atoms with Crippen LogP contribution < -0.4 is 4.74 Å². The molecule has 2 aromatic carbocycles. The number of ether oxygens (including phenoxy) is 1. The molecule has 0 aliphatic carbocycles. The maximum absolute atomic E-state index is 9.37. The fourth-order valence-corrected chi connectivity index (χ4v) is 2.45. The third-order valence-electron chi connectivity index (χ3n) is 3.47. The van der Waals surface area contributed by atoms with E-state index in [1.54, 1.807) is 0 Å². The van der Waals surface area contributed by atoms with Gasteiger partial charge >= 0.3 is 0 Å². The molecule has 0 aliphatic heterocycles. The molecule has 3 heteroatoms. The first-order valence-electron chi connectivity index (χ1n) is 6.96. The highest BCUT2D eigenvalue weighted by atomic mass is 35.5. The first kappa shape index (κ1) is 15.4. The van der Waals surface area contributed by atoms with E-state index >= 15 is 0 Å². The Balaban J connectivity index is 2.00. The molecule has 0 heterocycles. The lowest BCUT2D eigenvalue weighted by Gasteiger charge is -2.14. The molecule has 0 aliphatic rings. The van der Waals surface area contributed by atoms with E-state index in [9.17, 15) is 5.26 Å². The minimum Gasteiger partial charge on any atom is -0.492 e. The van der Waals surface area contributed by atoms with Gasteiger partial charge < -0.3 is 4.74 Å². The minimum atomic E-state index is -0.158. The smallest absolute Gasteiger partial charge is 0.138 e. The van der Waals surface area contributed by atoms with Crippen molar-refractivity contribution in [2.24, 2.45) is 0 Å². The van der Waals surface area contributed by atoms with E-state index in [2.05, 4.69) is 6.07 Å². The molecule has 2 rings (SSSR count). The van der Waals surface area contributed by atoms with Crippen LogP contribution in [0.25, 0.3) is 0 Å². The fraction of sp³-hybridized carbons (Fsp3) is 0.278. The second kappa shape index (κ2) is 7.15. The molecule has 2 aromatic rings. The highest BCUT2D eigenvalue weighted by Crippen LogP contribution is 2.27. The van der Waals surface area contributed by atoms with Crippen LogP contribution in [-0.2, 0) is 0 Å². The van der Waals surface area contributed by atoms with Crippen LogP contribution in [0.3, 0.4) is 0 Å². The maximum atomic E-state index is 9.37. The molecule has 108 valence electrons. The van der Waals surface area contributed by atoms with Gasteiger partial charge in [0.1, 0.15) is 5.75 Å². The molecule has 0 spiro atoms. The van der Waals surface area contributed by atoms with Crippen molar-refractivity contribution >= 4 is 11.6 Å². The Morgan fingerprint density at radius 3 is 2.67 bits per heavy atom. The highest BCUT2D eigenvalue weighted by molar-refractivity contribution is 6.32. The summed E-state index contributed by atoms with van der Waals surface area (Å²) in [5.41, 5.74) is 3.31. The monoisotopic (exact) mass is 299 g/mol. The lowest BCUT2D eigenvalue weighted by atomic mass is 9.94. The number of nitriles is 1. The van der Waals surface area contributed by atoms with Gasteiger partial charge in [-0.3, -0.25) is 0 Å². The highest BCUT2D eigenvalue weighted by Gasteiger charge is 2.13. The van der Waals surface area contributed by atoms with E-state index in [4.69, 9.17) is 16.3 Å². The SMILES string of the molecule is Cc1ccc(Cl)c(OCCC(C#N)c2ccccc2C)c1. The van der Waals surface area contributed by atoms with Crippen LogP contribution >= 0.6 is 11.6 Å². The number of hydrogen-bond donors (Lipinski definition) is 0. The van der Waals surface area contributed by atoms with Crippen LogP contribution in [0, 0.1) is 25.2 Å². The van der Waals surface area contributed by atoms with E-state index in [0.29, 0.717) is 23.8 Å². The third-order valence-corrected chi connectivity index (χ3v) is 3.78. The lowest BCUT2D eigenvalue weighted by molar-refractivity contribution is 0.306. The van der Waals surface area contributed by atoms with Gasteiger partial charge in [-0.15, -0.1) is 0 Å². The summed E-state index contributed by atoms with van der Waals surface area (Å²) < 4.78 is 5.73. The zero-order chi connectivity index (χ0) is 15.2. The van der Waals surface area contributed by atoms with Gasteiger partial charge in [-0.1, -0.05) is 41.9 Å². The standard InChI is InChI=1S/C18H18ClNO/c1-13-7-8-17(19)18(11-13)21-10-9-15(12-20)16-6-4-3-5-14(16)2/h3-8,11,15H,9-10H2,1-2H3. The van der Waals surface area contributed by atoms with Crippen LogP contribution in [0.4, 0.5) is 0 Å². The zero-order valence-electron chi connectivity index (χ0n) is 12.3. The normalized spacial score (nSPS) is 11.7. The van der Waals surface area contributed by atoms with Crippen molar-refractivity contribution in [1.29, 1.82) is 5.26 Å². The Hall–Kier alpha value is -1.98. The van der Waals surface area contributed by atoms with Crippen molar-refractivity contribution in [3.8, 4) is 11.8 Å². The van der Waals surface area contributed by atoms with Gasteiger partial charge in [0.25, 0.3) is 0 Å². The van der Waals surface area contributed by atoms with Crippen LogP contribution in [0.1, 0.15) is 29.0 Å². The molecule has 0 amide bonds. The predicted molar refractivity (Wildman–Crippen MR) is 85.8 cm³/mol. The first-order chi connectivity index (χ1) is 10.1.